The van der Waals surface area contributed by atoms with Crippen LogP contribution in [0.5, 0.6) is 0 Å². The Morgan fingerprint density at radius 2 is 1.78 bits per heavy atom. The molecule has 3 amide bonds. The number of hydrogen-bond donors (Lipinski definition) is 2. The number of oxime groups is 1. The van der Waals surface area contributed by atoms with Crippen LogP contribution in [0, 0.1) is 23.0 Å². The number of nitrogens with zero attached hydrogens (tertiary/aromatic N) is 2. The normalized spacial score (nSPS) is 21.0. The van der Waals surface area contributed by atoms with Gasteiger partial charge < -0.3 is 25.1 Å². The van der Waals surface area contributed by atoms with Gasteiger partial charge in [-0.15, -0.1) is 0 Å². The molecule has 0 aromatic heterocycles. The monoisotopic (exact) mass is 728 g/mol. The molecule has 14 heteroatoms. The van der Waals surface area contributed by atoms with E-state index in [0.717, 1.165) is 25.0 Å². The predicted octanol–water partition coefficient (Wildman–Crippen LogP) is 5.01. The quantitative estimate of drug-likeness (QED) is 0.218. The van der Waals surface area contributed by atoms with Crippen LogP contribution >= 0.6 is 11.6 Å². The van der Waals surface area contributed by atoms with E-state index in [1.807, 2.05) is 13.0 Å². The second-order valence-corrected chi connectivity index (χ2v) is 15.1. The van der Waals surface area contributed by atoms with Gasteiger partial charge in [-0.1, -0.05) is 69.1 Å². The van der Waals surface area contributed by atoms with E-state index < -0.39 is 88.7 Å². The molecule has 2 aliphatic heterocycles. The summed E-state index contributed by atoms with van der Waals surface area (Å²) in [6.07, 6.45) is 2.06. The topological polar surface area (TPSA) is 143 Å². The first-order valence-electron chi connectivity index (χ1n) is 17.2. The summed E-state index contributed by atoms with van der Waals surface area (Å²) >= 11 is 6.22. The van der Waals surface area contributed by atoms with Gasteiger partial charge in [-0.25, -0.2) is 8.78 Å². The van der Waals surface area contributed by atoms with E-state index in [1.165, 1.54) is 11.0 Å². The second kappa shape index (κ2) is 15.5. The summed E-state index contributed by atoms with van der Waals surface area (Å²) in [5.41, 5.74) is -1.09. The van der Waals surface area contributed by atoms with E-state index in [9.17, 15) is 32.8 Å². The molecule has 2 aromatic rings. The van der Waals surface area contributed by atoms with Crippen LogP contribution < -0.4 is 10.6 Å². The van der Waals surface area contributed by atoms with Crippen molar-refractivity contribution in [3.8, 4) is 0 Å². The van der Waals surface area contributed by atoms with E-state index in [0.29, 0.717) is 22.7 Å². The fraction of sp³-hybridized carbons (Fsp3) is 0.514. The highest BCUT2D eigenvalue weighted by molar-refractivity contribution is 6.38. The number of hydrogen-bond acceptors (Lipinski definition) is 8. The van der Waals surface area contributed by atoms with Crippen molar-refractivity contribution in [3.63, 3.8) is 0 Å². The largest absolute Gasteiger partial charge is 0.461 e. The number of amides is 3. The Morgan fingerprint density at radius 3 is 2.41 bits per heavy atom. The average Bonchev–Trinajstić information content (AvgIpc) is 3.66. The van der Waals surface area contributed by atoms with E-state index in [1.54, 1.807) is 39.0 Å². The van der Waals surface area contributed by atoms with Crippen LogP contribution in [0.2, 0.25) is 5.02 Å². The number of nitrogens with one attached hydrogen (secondary N) is 2. The molecule has 0 bridgehead atoms. The van der Waals surface area contributed by atoms with Crippen molar-refractivity contribution in [2.24, 2.45) is 16.5 Å². The molecule has 1 saturated carbocycles. The third-order valence-electron chi connectivity index (χ3n) is 9.48. The van der Waals surface area contributed by atoms with E-state index in [2.05, 4.69) is 15.8 Å². The number of carbonyl (C=O) groups excluding carboxylic acids is 5. The number of halogens is 3. The number of esters is 1. The fourth-order valence-corrected chi connectivity index (χ4v) is 6.62. The van der Waals surface area contributed by atoms with Crippen molar-refractivity contribution >= 4 is 46.8 Å². The summed E-state index contributed by atoms with van der Waals surface area (Å²) < 4.78 is 33.6. The Kier molecular flexibility index (Phi) is 11.5. The second-order valence-electron chi connectivity index (χ2n) is 14.6. The maximum Gasteiger partial charge on any atom is 0.306 e. The van der Waals surface area contributed by atoms with Gasteiger partial charge in [0.15, 0.2) is 5.60 Å². The lowest BCUT2D eigenvalue weighted by Gasteiger charge is -2.35. The maximum atomic E-state index is 14.5. The SMILES string of the molecule is CCC[C@H](NC(=O)[C@@H]1C[C@]2(CC(c3cccc(Cl)c3)=NO2)CN1C(=O)[C@@H](CC(=O)OCc1c(F)cccc1F)C(C)(C)C)C(=O)C(=O)NC1CC1. The Labute approximate surface area is 300 Å². The Morgan fingerprint density at radius 1 is 1.10 bits per heavy atom. The van der Waals surface area contributed by atoms with Crippen LogP contribution in [-0.2, 0) is 40.2 Å². The number of likely N-dealkylation sites (tertiary alicyclic amines) is 1. The molecular formula is C37H43ClF2N4O7. The molecule has 2 N–H and O–H groups in total. The van der Waals surface area contributed by atoms with Gasteiger partial charge in [-0.3, -0.25) is 24.0 Å². The van der Waals surface area contributed by atoms with Crippen LogP contribution in [0.1, 0.15) is 83.8 Å². The predicted molar refractivity (Wildman–Crippen MR) is 183 cm³/mol. The zero-order valence-electron chi connectivity index (χ0n) is 29.1. The molecule has 2 fully saturated rings. The average molecular weight is 729 g/mol. The lowest BCUT2D eigenvalue weighted by atomic mass is 9.77. The van der Waals surface area contributed by atoms with E-state index >= 15 is 0 Å². The van der Waals surface area contributed by atoms with Crippen molar-refractivity contribution in [3.05, 3.63) is 70.2 Å². The first-order chi connectivity index (χ1) is 24.1. The first-order valence-corrected chi connectivity index (χ1v) is 17.5. The van der Waals surface area contributed by atoms with Gasteiger partial charge in [0.05, 0.1) is 36.2 Å². The fourth-order valence-electron chi connectivity index (χ4n) is 6.43. The Balaban J connectivity index is 1.38. The first kappa shape index (κ1) is 37.9. The van der Waals surface area contributed by atoms with Gasteiger partial charge in [0, 0.05) is 29.5 Å². The number of rotatable bonds is 13. The molecule has 11 nitrogen and oxygen atoms in total. The Bertz CT molecular complexity index is 1710. The highest BCUT2D eigenvalue weighted by atomic mass is 35.5. The Hall–Kier alpha value is -4.39. The molecule has 2 heterocycles. The summed E-state index contributed by atoms with van der Waals surface area (Å²) in [4.78, 5) is 74.9. The molecule has 5 rings (SSSR count). The molecular weight excluding hydrogens is 686 g/mol. The minimum Gasteiger partial charge on any atom is -0.461 e. The van der Waals surface area contributed by atoms with Crippen molar-refractivity contribution in [2.45, 2.75) is 103 Å². The number of Topliss-reactive ketones (excluding diaryl/α,β-unsaturated/α-hetero) is 1. The number of ether oxygens (including phenoxy) is 1. The maximum absolute atomic E-state index is 14.5. The van der Waals surface area contributed by atoms with Crippen molar-refractivity contribution in [2.75, 3.05) is 6.54 Å². The van der Waals surface area contributed by atoms with Crippen molar-refractivity contribution in [1.29, 1.82) is 0 Å². The van der Waals surface area contributed by atoms with E-state index in [4.69, 9.17) is 21.2 Å². The third-order valence-corrected chi connectivity index (χ3v) is 9.72. The lowest BCUT2D eigenvalue weighted by molar-refractivity contribution is -0.154. The van der Waals surface area contributed by atoms with Crippen LogP contribution in [0.3, 0.4) is 0 Å². The van der Waals surface area contributed by atoms with Gasteiger partial charge in [0.2, 0.25) is 17.6 Å². The summed E-state index contributed by atoms with van der Waals surface area (Å²) in [5, 5.41) is 10.2. The molecule has 0 radical (unpaired) electrons. The molecule has 1 saturated heterocycles. The zero-order valence-corrected chi connectivity index (χ0v) is 29.9. The smallest absolute Gasteiger partial charge is 0.306 e. The summed E-state index contributed by atoms with van der Waals surface area (Å²) in [6.45, 7) is 6.33. The van der Waals surface area contributed by atoms with Crippen LogP contribution in [0.4, 0.5) is 8.78 Å². The van der Waals surface area contributed by atoms with Crippen molar-refractivity contribution < 1.29 is 42.3 Å². The van der Waals surface area contributed by atoms with Gasteiger partial charge in [0.1, 0.15) is 24.3 Å². The molecule has 274 valence electrons. The van der Waals surface area contributed by atoms with Gasteiger partial charge in [-0.05, 0) is 48.9 Å². The van der Waals surface area contributed by atoms with Crippen LogP contribution in [-0.4, -0.2) is 70.4 Å². The number of carbonyl (C=O) groups is 5. The molecule has 1 aliphatic carbocycles. The minimum absolute atomic E-state index is 0.00726. The molecule has 0 unspecified atom stereocenters. The molecule has 3 aliphatic rings. The summed E-state index contributed by atoms with van der Waals surface area (Å²) in [6, 6.07) is 8.00. The molecule has 1 spiro atoms. The molecule has 2 aromatic carbocycles. The van der Waals surface area contributed by atoms with Crippen LogP contribution in [0.15, 0.2) is 47.6 Å². The van der Waals surface area contributed by atoms with Gasteiger partial charge >= 0.3 is 5.97 Å². The molecule has 51 heavy (non-hydrogen) atoms. The zero-order chi connectivity index (χ0) is 37.1. The van der Waals surface area contributed by atoms with Gasteiger partial charge in [0.25, 0.3) is 5.91 Å². The van der Waals surface area contributed by atoms with Gasteiger partial charge in [-0.2, -0.15) is 0 Å². The standard InChI is InChI=1S/C37H43ClF2N4O7/c1-5-8-28(32(46)34(48)41-23-13-14-23)42-33(47)30-18-37(17-29(43-51-37)21-9-6-10-22(38)15-21)20-44(30)35(49)25(36(2,3)4)16-31(45)50-19-24-26(39)11-7-12-27(24)40/h6-7,9-12,15,23,25,28,30H,5,8,13-14,16-20H2,1-4H3,(H,41,48)(H,42,47)/t25-,28+,30+,37-/m1/s1. The highest BCUT2D eigenvalue weighted by Gasteiger charge is 2.55. The summed E-state index contributed by atoms with van der Waals surface area (Å²) in [5.74, 6) is -6.39. The van der Waals surface area contributed by atoms with Crippen molar-refractivity contribution in [1.82, 2.24) is 15.5 Å². The number of benzene rings is 2. The summed E-state index contributed by atoms with van der Waals surface area (Å²) in [7, 11) is 0. The third kappa shape index (κ3) is 9.10. The van der Waals surface area contributed by atoms with Crippen LogP contribution in [0.25, 0.3) is 0 Å². The molecule has 4 atom stereocenters. The minimum atomic E-state index is -1.15. The van der Waals surface area contributed by atoms with E-state index in [-0.39, 0.29) is 31.8 Å². The number of ketones is 1. The highest BCUT2D eigenvalue weighted by Crippen LogP contribution is 2.42. The lowest BCUT2D eigenvalue weighted by Crippen LogP contribution is -2.54.